The molecule has 0 aliphatic carbocycles. The van der Waals surface area contributed by atoms with E-state index in [0.717, 1.165) is 32.2 Å². The van der Waals surface area contributed by atoms with E-state index < -0.39 is 5.91 Å². The molecule has 1 saturated heterocycles. The highest BCUT2D eigenvalue weighted by molar-refractivity contribution is 5.99. The molecule has 1 heterocycles. The average molecular weight is 265 g/mol. The van der Waals surface area contributed by atoms with E-state index in [4.69, 9.17) is 11.5 Å². The summed E-state index contributed by atoms with van der Waals surface area (Å²) < 4.78 is 14.1. The summed E-state index contributed by atoms with van der Waals surface area (Å²) in [6.45, 7) is 2.89. The van der Waals surface area contributed by atoms with E-state index in [1.807, 2.05) is 4.90 Å². The van der Waals surface area contributed by atoms with Crippen LogP contribution in [0.5, 0.6) is 0 Å². The predicted molar refractivity (Wildman–Crippen MR) is 74.6 cm³/mol. The molecule has 1 fully saturated rings. The predicted octanol–water partition coefficient (Wildman–Crippen LogP) is 2.28. The number of rotatable bonds is 3. The largest absolute Gasteiger partial charge is 0.398 e. The summed E-state index contributed by atoms with van der Waals surface area (Å²) in [6.07, 6.45) is 4.20. The van der Waals surface area contributed by atoms with Crippen LogP contribution in [0.1, 0.15) is 43.0 Å². The highest BCUT2D eigenvalue weighted by atomic mass is 19.1. The van der Waals surface area contributed by atoms with Gasteiger partial charge in [-0.1, -0.05) is 6.92 Å². The van der Waals surface area contributed by atoms with Crippen molar-refractivity contribution in [2.24, 2.45) is 5.73 Å². The number of amides is 1. The number of anilines is 2. The molecule has 5 heteroatoms. The van der Waals surface area contributed by atoms with Crippen LogP contribution in [0.4, 0.5) is 15.8 Å². The van der Waals surface area contributed by atoms with Gasteiger partial charge in [-0.15, -0.1) is 0 Å². The Morgan fingerprint density at radius 1 is 1.47 bits per heavy atom. The van der Waals surface area contributed by atoms with Crippen LogP contribution in [0, 0.1) is 5.82 Å². The van der Waals surface area contributed by atoms with E-state index in [2.05, 4.69) is 6.92 Å². The monoisotopic (exact) mass is 265 g/mol. The summed E-state index contributed by atoms with van der Waals surface area (Å²) >= 11 is 0. The molecule has 1 aromatic rings. The fraction of sp³-hybridized carbons (Fsp3) is 0.500. The first-order valence-electron chi connectivity index (χ1n) is 6.70. The van der Waals surface area contributed by atoms with E-state index in [1.165, 1.54) is 12.1 Å². The van der Waals surface area contributed by atoms with E-state index in [0.29, 0.717) is 11.7 Å². The number of halogens is 1. The first kappa shape index (κ1) is 13.6. The molecule has 1 aliphatic heterocycles. The number of benzene rings is 1. The van der Waals surface area contributed by atoms with Crippen molar-refractivity contribution in [3.8, 4) is 0 Å². The second-order valence-corrected chi connectivity index (χ2v) is 5.01. The molecule has 0 radical (unpaired) electrons. The number of nitrogen functional groups attached to an aromatic ring is 1. The molecule has 0 aromatic heterocycles. The third kappa shape index (κ3) is 2.64. The van der Waals surface area contributed by atoms with Crippen molar-refractivity contribution in [3.05, 3.63) is 23.5 Å². The van der Waals surface area contributed by atoms with Gasteiger partial charge in [0.25, 0.3) is 5.91 Å². The van der Waals surface area contributed by atoms with Crippen LogP contribution in [0.3, 0.4) is 0 Å². The van der Waals surface area contributed by atoms with E-state index in [9.17, 15) is 9.18 Å². The number of carbonyl (C=O) groups excluding carboxylic acids is 1. The third-order valence-corrected chi connectivity index (χ3v) is 3.79. The summed E-state index contributed by atoms with van der Waals surface area (Å²) in [4.78, 5) is 13.4. The zero-order chi connectivity index (χ0) is 14.0. The number of hydrogen-bond acceptors (Lipinski definition) is 3. The molecule has 0 saturated carbocycles. The molecule has 1 aliphatic rings. The normalized spacial score (nSPS) is 19.5. The maximum Gasteiger partial charge on any atom is 0.250 e. The van der Waals surface area contributed by atoms with Crippen molar-refractivity contribution in [2.75, 3.05) is 17.2 Å². The summed E-state index contributed by atoms with van der Waals surface area (Å²) in [5.74, 6) is -1.01. The van der Waals surface area contributed by atoms with Gasteiger partial charge in [0, 0.05) is 18.3 Å². The number of nitrogens with zero attached hydrogens (tertiary/aromatic N) is 1. The lowest BCUT2D eigenvalue weighted by Crippen LogP contribution is -2.39. The molecule has 0 bridgehead atoms. The molecule has 4 N–H and O–H groups in total. The molecule has 2 rings (SSSR count). The minimum Gasteiger partial charge on any atom is -0.398 e. The smallest absolute Gasteiger partial charge is 0.250 e. The maximum absolute atomic E-state index is 14.1. The van der Waals surface area contributed by atoms with Crippen molar-refractivity contribution in [1.82, 2.24) is 0 Å². The van der Waals surface area contributed by atoms with Crippen molar-refractivity contribution >= 4 is 17.3 Å². The number of carbonyl (C=O) groups is 1. The number of primary amides is 1. The fourth-order valence-electron chi connectivity index (χ4n) is 2.75. The lowest BCUT2D eigenvalue weighted by atomic mass is 9.98. The van der Waals surface area contributed by atoms with E-state index >= 15 is 0 Å². The van der Waals surface area contributed by atoms with Crippen molar-refractivity contribution in [2.45, 2.75) is 38.6 Å². The summed E-state index contributed by atoms with van der Waals surface area (Å²) in [5.41, 5.74) is 11.6. The lowest BCUT2D eigenvalue weighted by Gasteiger charge is -2.37. The molecule has 0 spiro atoms. The van der Waals surface area contributed by atoms with Gasteiger partial charge in [0.15, 0.2) is 0 Å². The molecular formula is C14H20FN3O. The van der Waals surface area contributed by atoms with E-state index in [1.54, 1.807) is 0 Å². The molecule has 104 valence electrons. The zero-order valence-corrected chi connectivity index (χ0v) is 11.2. The second-order valence-electron chi connectivity index (χ2n) is 5.01. The first-order valence-corrected chi connectivity index (χ1v) is 6.70. The van der Waals surface area contributed by atoms with Crippen molar-refractivity contribution in [3.63, 3.8) is 0 Å². The minimum absolute atomic E-state index is 0.0961. The molecule has 19 heavy (non-hydrogen) atoms. The molecule has 1 amide bonds. The summed E-state index contributed by atoms with van der Waals surface area (Å²) in [6, 6.07) is 2.99. The number of nitrogens with two attached hydrogens (primary N) is 2. The van der Waals surface area contributed by atoms with Crippen LogP contribution in [0.15, 0.2) is 12.1 Å². The van der Waals surface area contributed by atoms with Gasteiger partial charge in [-0.05, 0) is 37.8 Å². The Hall–Kier alpha value is -1.78. The van der Waals surface area contributed by atoms with Crippen LogP contribution in [-0.2, 0) is 0 Å². The molecule has 4 nitrogen and oxygen atoms in total. The average Bonchev–Trinajstić information content (AvgIpc) is 2.38. The summed E-state index contributed by atoms with van der Waals surface area (Å²) in [7, 11) is 0. The van der Waals surface area contributed by atoms with Crippen molar-refractivity contribution < 1.29 is 9.18 Å². The Bertz CT molecular complexity index is 490. The van der Waals surface area contributed by atoms with Gasteiger partial charge < -0.3 is 16.4 Å². The highest BCUT2D eigenvalue weighted by Crippen LogP contribution is 2.31. The van der Waals surface area contributed by atoms with Gasteiger partial charge in [0.2, 0.25) is 0 Å². The summed E-state index contributed by atoms with van der Waals surface area (Å²) in [5, 5.41) is 0. The Morgan fingerprint density at radius 2 is 2.21 bits per heavy atom. The molecule has 1 unspecified atom stereocenters. The lowest BCUT2D eigenvalue weighted by molar-refractivity contribution is 0.100. The van der Waals surface area contributed by atoms with Crippen LogP contribution in [-0.4, -0.2) is 18.5 Å². The Labute approximate surface area is 112 Å². The quantitative estimate of drug-likeness (QED) is 0.823. The molecule has 1 aromatic carbocycles. The van der Waals surface area contributed by atoms with Crippen LogP contribution >= 0.6 is 0 Å². The third-order valence-electron chi connectivity index (χ3n) is 3.79. The van der Waals surface area contributed by atoms with Gasteiger partial charge in [0.05, 0.1) is 11.3 Å². The number of piperidine rings is 1. The van der Waals surface area contributed by atoms with Crippen LogP contribution in [0.25, 0.3) is 0 Å². The topological polar surface area (TPSA) is 72.3 Å². The van der Waals surface area contributed by atoms with Gasteiger partial charge in [-0.25, -0.2) is 4.39 Å². The van der Waals surface area contributed by atoms with Crippen molar-refractivity contribution in [1.29, 1.82) is 0 Å². The maximum atomic E-state index is 14.1. The Morgan fingerprint density at radius 3 is 2.84 bits per heavy atom. The highest BCUT2D eigenvalue weighted by Gasteiger charge is 2.24. The Balaban J connectivity index is 2.42. The minimum atomic E-state index is -0.621. The van der Waals surface area contributed by atoms with Gasteiger partial charge >= 0.3 is 0 Å². The molecular weight excluding hydrogens is 245 g/mol. The van der Waals surface area contributed by atoms with Crippen LogP contribution in [0.2, 0.25) is 0 Å². The van der Waals surface area contributed by atoms with Gasteiger partial charge in [-0.2, -0.15) is 0 Å². The molecule has 1 atom stereocenters. The van der Waals surface area contributed by atoms with E-state index in [-0.39, 0.29) is 17.1 Å². The van der Waals surface area contributed by atoms with Crippen LogP contribution < -0.4 is 16.4 Å². The standard InChI is InChI=1S/C14H20FN3O/c1-2-9-5-3-4-6-18(9)13-7-10(14(17)19)12(16)8-11(13)15/h7-9H,2-6,16H2,1H3,(H2,17,19). The second kappa shape index (κ2) is 5.47. The number of hydrogen-bond donors (Lipinski definition) is 2. The van der Waals surface area contributed by atoms with Gasteiger partial charge in [-0.3, -0.25) is 4.79 Å². The van der Waals surface area contributed by atoms with Gasteiger partial charge in [0.1, 0.15) is 5.82 Å². The Kier molecular flexibility index (Phi) is 3.93. The fourth-order valence-corrected chi connectivity index (χ4v) is 2.75. The first-order chi connectivity index (χ1) is 9.04. The SMILES string of the molecule is CCC1CCCCN1c1cc(C(N)=O)c(N)cc1F. The zero-order valence-electron chi connectivity index (χ0n) is 11.2.